The first-order valence-corrected chi connectivity index (χ1v) is 18.0. The molecule has 0 aromatic heterocycles. The van der Waals surface area contributed by atoms with Crippen LogP contribution >= 0.6 is 11.6 Å². The average molecular weight is 720 g/mol. The highest BCUT2D eigenvalue weighted by Crippen LogP contribution is 2.39. The van der Waals surface area contributed by atoms with Crippen molar-refractivity contribution in [3.8, 4) is 0 Å². The van der Waals surface area contributed by atoms with Gasteiger partial charge in [-0.1, -0.05) is 68.8 Å². The van der Waals surface area contributed by atoms with Gasteiger partial charge in [0.05, 0.1) is 36.4 Å². The zero-order valence-corrected chi connectivity index (χ0v) is 31.7. The molecule has 0 amide bonds. The molecule has 0 bridgehead atoms. The van der Waals surface area contributed by atoms with E-state index < -0.39 is 53.4 Å². The van der Waals surface area contributed by atoms with Crippen LogP contribution in [0, 0.1) is 11.8 Å². The molecule has 12 atom stereocenters. The zero-order valence-electron chi connectivity index (χ0n) is 31.0. The molecule has 1 aromatic rings. The van der Waals surface area contributed by atoms with Crippen LogP contribution in [-0.4, -0.2) is 88.2 Å². The summed E-state index contributed by atoms with van der Waals surface area (Å²) in [6.07, 6.45) is 6.28. The number of aliphatic hydroxyl groups is 3. The number of ether oxygens (including phenoxy) is 4. The number of aliphatic hydroxyl groups excluding tert-OH is 1. The molecular formula is C39H58ClNO9. The first kappa shape index (κ1) is 41.8. The van der Waals surface area contributed by atoms with E-state index >= 15 is 0 Å². The summed E-state index contributed by atoms with van der Waals surface area (Å²) in [6, 6.07) is 6.96. The SMILES string of the molecule is CC[C@H](OC)[C@@H](C)[C@H]1O[C@@H]1C(N[C@H](C)c1ccc(Cl)cc1)C(C)(O)C=CC=C(C)C1OC(=O)C[C@H](O)CC[C@@](C)(O)[C@@H](OC(C)=O)C=C[C@@H]1C. The lowest BCUT2D eigenvalue weighted by Gasteiger charge is -2.33. The summed E-state index contributed by atoms with van der Waals surface area (Å²) in [4.78, 5) is 24.7. The second kappa shape index (κ2) is 18.3. The maximum absolute atomic E-state index is 12.9. The van der Waals surface area contributed by atoms with E-state index in [2.05, 4.69) is 19.2 Å². The predicted molar refractivity (Wildman–Crippen MR) is 193 cm³/mol. The number of allylic oxidation sites excluding steroid dienone is 2. The fourth-order valence-electron chi connectivity index (χ4n) is 6.73. The molecule has 10 nitrogen and oxygen atoms in total. The van der Waals surface area contributed by atoms with Crippen LogP contribution in [0.2, 0.25) is 5.02 Å². The number of carbonyl (C=O) groups excluding carboxylic acids is 2. The number of benzene rings is 1. The van der Waals surface area contributed by atoms with E-state index in [1.165, 1.54) is 6.92 Å². The molecule has 1 fully saturated rings. The van der Waals surface area contributed by atoms with Crippen LogP contribution in [0.4, 0.5) is 0 Å². The Hall–Kier alpha value is -2.57. The first-order valence-electron chi connectivity index (χ1n) is 17.6. The molecule has 0 radical (unpaired) electrons. The number of cyclic esters (lactones) is 1. The number of epoxide rings is 1. The maximum Gasteiger partial charge on any atom is 0.309 e. The van der Waals surface area contributed by atoms with E-state index in [9.17, 15) is 24.9 Å². The molecule has 0 saturated carbocycles. The Morgan fingerprint density at radius 1 is 1.20 bits per heavy atom. The molecule has 2 heterocycles. The molecule has 2 aliphatic rings. The number of hydrogen-bond donors (Lipinski definition) is 4. The largest absolute Gasteiger partial charge is 0.457 e. The van der Waals surface area contributed by atoms with Crippen molar-refractivity contribution < 1.29 is 43.9 Å². The van der Waals surface area contributed by atoms with Crippen molar-refractivity contribution in [2.75, 3.05) is 7.11 Å². The molecule has 1 aromatic carbocycles. The first-order chi connectivity index (χ1) is 23.4. The normalized spacial score (nSPS) is 31.8. The van der Waals surface area contributed by atoms with Crippen LogP contribution in [0.3, 0.4) is 0 Å². The number of carbonyl (C=O) groups is 2. The summed E-state index contributed by atoms with van der Waals surface area (Å²) in [5.74, 6) is -1.40. The van der Waals surface area contributed by atoms with Gasteiger partial charge in [0.25, 0.3) is 0 Å². The Balaban J connectivity index is 1.90. The average Bonchev–Trinajstić information content (AvgIpc) is 3.83. The summed E-state index contributed by atoms with van der Waals surface area (Å²) in [6.45, 7) is 14.4. The van der Waals surface area contributed by atoms with Gasteiger partial charge in [0.15, 0.2) is 0 Å². The summed E-state index contributed by atoms with van der Waals surface area (Å²) < 4.78 is 23.2. The highest BCUT2D eigenvalue weighted by atomic mass is 35.5. The summed E-state index contributed by atoms with van der Waals surface area (Å²) in [7, 11) is 1.70. The quantitative estimate of drug-likeness (QED) is 0.0857. The molecule has 280 valence electrons. The molecular weight excluding hydrogens is 662 g/mol. The number of hydrogen-bond acceptors (Lipinski definition) is 10. The van der Waals surface area contributed by atoms with Crippen LogP contribution in [-0.2, 0) is 28.5 Å². The van der Waals surface area contributed by atoms with E-state index in [0.29, 0.717) is 10.6 Å². The second-order valence-electron chi connectivity index (χ2n) is 14.5. The number of methoxy groups -OCH3 is 1. The Morgan fingerprint density at radius 2 is 1.86 bits per heavy atom. The van der Waals surface area contributed by atoms with Crippen molar-refractivity contribution in [2.45, 2.75) is 141 Å². The number of esters is 2. The smallest absolute Gasteiger partial charge is 0.309 e. The number of rotatable bonds is 13. The molecule has 50 heavy (non-hydrogen) atoms. The lowest BCUT2D eigenvalue weighted by molar-refractivity contribution is -0.157. The van der Waals surface area contributed by atoms with E-state index in [1.807, 2.05) is 45.0 Å². The topological polar surface area (TPSA) is 147 Å². The Labute approximate surface area is 302 Å². The predicted octanol–water partition coefficient (Wildman–Crippen LogP) is 5.77. The van der Waals surface area contributed by atoms with Gasteiger partial charge < -0.3 is 39.6 Å². The van der Waals surface area contributed by atoms with E-state index in [-0.39, 0.29) is 49.5 Å². The molecule has 11 heteroatoms. The summed E-state index contributed by atoms with van der Waals surface area (Å²) >= 11 is 6.13. The van der Waals surface area contributed by atoms with Crippen molar-refractivity contribution in [3.05, 3.63) is 70.8 Å². The minimum atomic E-state index is -1.46. The van der Waals surface area contributed by atoms with Crippen LogP contribution in [0.1, 0.15) is 92.7 Å². The Morgan fingerprint density at radius 3 is 2.46 bits per heavy atom. The lowest BCUT2D eigenvalue weighted by Crippen LogP contribution is -2.53. The second-order valence-corrected chi connectivity index (χ2v) is 14.9. The van der Waals surface area contributed by atoms with Crippen molar-refractivity contribution >= 4 is 23.5 Å². The summed E-state index contributed by atoms with van der Waals surface area (Å²) in [5, 5.41) is 37.9. The minimum absolute atomic E-state index is 0.0200. The van der Waals surface area contributed by atoms with Crippen LogP contribution < -0.4 is 5.32 Å². The van der Waals surface area contributed by atoms with Crippen LogP contribution in [0.5, 0.6) is 0 Å². The molecule has 3 rings (SSSR count). The van der Waals surface area contributed by atoms with Gasteiger partial charge in [0.2, 0.25) is 0 Å². The molecule has 3 unspecified atom stereocenters. The molecule has 0 spiro atoms. The van der Waals surface area contributed by atoms with Gasteiger partial charge in [-0.3, -0.25) is 9.59 Å². The molecule has 2 aliphatic heterocycles. The summed E-state index contributed by atoms with van der Waals surface area (Å²) in [5.41, 5.74) is -1.13. The van der Waals surface area contributed by atoms with Gasteiger partial charge in [-0.2, -0.15) is 0 Å². The fraction of sp³-hybridized carbons (Fsp3) is 0.641. The standard InChI is InChI=1S/C39H58ClNO9/c1-10-31(47-9)25(4)35-36(50-35)37(41-26(5)28-14-16-29(40)17-15-28)39(8,46)20-11-12-23(2)34-24(3)13-18-32(48-27(6)42)38(7,45)21-19-30(43)22-33(44)49-34/h11-18,20,24-26,30-32,34-37,41,43,45-46H,10,19,21-22H2,1-9H3/t24-,25+,26+,30+,31-,32-,34?,35+,36-,37?,38+,39?/m0/s1. The highest BCUT2D eigenvalue weighted by molar-refractivity contribution is 6.30. The Kier molecular flexibility index (Phi) is 15.3. The van der Waals surface area contributed by atoms with E-state index in [0.717, 1.165) is 12.0 Å². The van der Waals surface area contributed by atoms with Crippen molar-refractivity contribution in [3.63, 3.8) is 0 Å². The Bertz CT molecular complexity index is 1350. The van der Waals surface area contributed by atoms with E-state index in [4.69, 9.17) is 30.5 Å². The zero-order chi connectivity index (χ0) is 37.4. The fourth-order valence-corrected chi connectivity index (χ4v) is 6.85. The monoisotopic (exact) mass is 719 g/mol. The van der Waals surface area contributed by atoms with Gasteiger partial charge in [0.1, 0.15) is 23.9 Å². The maximum atomic E-state index is 12.9. The van der Waals surface area contributed by atoms with Gasteiger partial charge in [-0.25, -0.2) is 0 Å². The van der Waals surface area contributed by atoms with Crippen molar-refractivity contribution in [1.29, 1.82) is 0 Å². The third-order valence-corrected chi connectivity index (χ3v) is 10.2. The lowest BCUT2D eigenvalue weighted by atomic mass is 9.86. The van der Waals surface area contributed by atoms with Gasteiger partial charge in [0, 0.05) is 36.9 Å². The highest BCUT2D eigenvalue weighted by Gasteiger charge is 2.54. The van der Waals surface area contributed by atoms with Gasteiger partial charge in [-0.15, -0.1) is 0 Å². The molecule has 4 N–H and O–H groups in total. The third-order valence-electron chi connectivity index (χ3n) is 9.99. The molecule has 1 saturated heterocycles. The van der Waals surface area contributed by atoms with Gasteiger partial charge in [-0.05, 0) is 76.3 Å². The van der Waals surface area contributed by atoms with Crippen LogP contribution in [0.15, 0.2) is 60.2 Å². The van der Waals surface area contributed by atoms with Crippen LogP contribution in [0.25, 0.3) is 0 Å². The van der Waals surface area contributed by atoms with Crippen molar-refractivity contribution in [2.24, 2.45) is 11.8 Å². The third kappa shape index (κ3) is 11.7. The number of nitrogens with one attached hydrogen (secondary N) is 1. The number of halogens is 1. The van der Waals surface area contributed by atoms with Crippen molar-refractivity contribution in [1.82, 2.24) is 5.32 Å². The minimum Gasteiger partial charge on any atom is -0.457 e. The van der Waals surface area contributed by atoms with E-state index in [1.54, 1.807) is 51.3 Å². The van der Waals surface area contributed by atoms with Gasteiger partial charge >= 0.3 is 11.9 Å². The molecule has 0 aliphatic carbocycles.